The SMILES string of the molecule is NC(Cc1cccn1-c1ccc([N+](=O)[O-])cc1)C(=O)O. The number of hydrogen-bond acceptors (Lipinski definition) is 4. The first kappa shape index (κ1) is 13.8. The van der Waals surface area contributed by atoms with E-state index in [1.54, 1.807) is 35.0 Å². The normalized spacial score (nSPS) is 12.1. The molecule has 2 aromatic rings. The van der Waals surface area contributed by atoms with E-state index in [-0.39, 0.29) is 12.1 Å². The molecule has 0 amide bonds. The fourth-order valence-electron chi connectivity index (χ4n) is 1.88. The van der Waals surface area contributed by atoms with Crippen LogP contribution < -0.4 is 5.73 Å². The Labute approximate surface area is 114 Å². The predicted molar refractivity (Wildman–Crippen MR) is 71.7 cm³/mol. The van der Waals surface area contributed by atoms with Gasteiger partial charge in [-0.15, -0.1) is 0 Å². The molecule has 104 valence electrons. The minimum atomic E-state index is -1.07. The van der Waals surface area contributed by atoms with Crippen molar-refractivity contribution in [3.8, 4) is 5.69 Å². The molecule has 2 rings (SSSR count). The second kappa shape index (κ2) is 5.54. The zero-order valence-electron chi connectivity index (χ0n) is 10.5. The van der Waals surface area contributed by atoms with E-state index in [1.165, 1.54) is 12.1 Å². The monoisotopic (exact) mass is 275 g/mol. The van der Waals surface area contributed by atoms with Crippen LogP contribution in [0, 0.1) is 10.1 Å². The molecular weight excluding hydrogens is 262 g/mol. The summed E-state index contributed by atoms with van der Waals surface area (Å²) in [5.74, 6) is -1.07. The number of carbonyl (C=O) groups is 1. The molecule has 0 bridgehead atoms. The number of rotatable bonds is 5. The molecular formula is C13H13N3O4. The van der Waals surface area contributed by atoms with Crippen LogP contribution in [0.15, 0.2) is 42.6 Å². The number of nitro benzene ring substituents is 1. The Morgan fingerprint density at radius 3 is 2.55 bits per heavy atom. The highest BCUT2D eigenvalue weighted by Gasteiger charge is 2.15. The number of benzene rings is 1. The van der Waals surface area contributed by atoms with Crippen LogP contribution in [0.1, 0.15) is 5.69 Å². The molecule has 1 atom stereocenters. The van der Waals surface area contributed by atoms with Crippen molar-refractivity contribution in [1.29, 1.82) is 0 Å². The lowest BCUT2D eigenvalue weighted by Crippen LogP contribution is -2.32. The first-order valence-electron chi connectivity index (χ1n) is 5.88. The number of nitrogens with two attached hydrogens (primary N) is 1. The molecule has 1 unspecified atom stereocenters. The number of non-ortho nitro benzene ring substituents is 1. The minimum absolute atomic E-state index is 0.00435. The van der Waals surface area contributed by atoms with Crippen molar-refractivity contribution in [2.24, 2.45) is 5.73 Å². The lowest BCUT2D eigenvalue weighted by atomic mass is 10.1. The Bertz CT molecular complexity index is 633. The molecule has 7 heteroatoms. The van der Waals surface area contributed by atoms with Crippen molar-refractivity contribution < 1.29 is 14.8 Å². The molecule has 3 N–H and O–H groups in total. The number of carboxylic acids is 1. The Balaban J connectivity index is 2.27. The van der Waals surface area contributed by atoms with E-state index in [4.69, 9.17) is 10.8 Å². The molecule has 0 saturated heterocycles. The van der Waals surface area contributed by atoms with Crippen LogP contribution in [-0.2, 0) is 11.2 Å². The lowest BCUT2D eigenvalue weighted by Gasteiger charge is -2.11. The summed E-state index contributed by atoms with van der Waals surface area (Å²) in [5.41, 5.74) is 6.97. The van der Waals surface area contributed by atoms with Crippen LogP contribution in [0.3, 0.4) is 0 Å². The van der Waals surface area contributed by atoms with Crippen molar-refractivity contribution in [1.82, 2.24) is 4.57 Å². The predicted octanol–water partition coefficient (Wildman–Crippen LogP) is 1.34. The van der Waals surface area contributed by atoms with E-state index < -0.39 is 16.9 Å². The van der Waals surface area contributed by atoms with Crippen LogP contribution in [-0.4, -0.2) is 26.6 Å². The number of nitrogens with zero attached hydrogens (tertiary/aromatic N) is 2. The molecule has 1 aromatic heterocycles. The van der Waals surface area contributed by atoms with Crippen LogP contribution in [0.2, 0.25) is 0 Å². The highest BCUT2D eigenvalue weighted by Crippen LogP contribution is 2.18. The second-order valence-corrected chi connectivity index (χ2v) is 4.29. The summed E-state index contributed by atoms with van der Waals surface area (Å²) in [6.45, 7) is 0. The molecule has 20 heavy (non-hydrogen) atoms. The van der Waals surface area contributed by atoms with Gasteiger partial charge in [0.1, 0.15) is 6.04 Å². The van der Waals surface area contributed by atoms with E-state index in [0.717, 1.165) is 5.69 Å². The molecule has 0 aliphatic heterocycles. The minimum Gasteiger partial charge on any atom is -0.480 e. The van der Waals surface area contributed by atoms with E-state index in [0.29, 0.717) is 5.69 Å². The van der Waals surface area contributed by atoms with Gasteiger partial charge in [-0.25, -0.2) is 0 Å². The van der Waals surface area contributed by atoms with E-state index in [9.17, 15) is 14.9 Å². The summed E-state index contributed by atoms with van der Waals surface area (Å²) in [6, 6.07) is 8.56. The molecule has 0 fully saturated rings. The fourth-order valence-corrected chi connectivity index (χ4v) is 1.88. The van der Waals surface area contributed by atoms with Gasteiger partial charge in [-0.2, -0.15) is 0 Å². The molecule has 0 radical (unpaired) electrons. The maximum absolute atomic E-state index is 10.8. The van der Waals surface area contributed by atoms with Crippen molar-refractivity contribution in [2.75, 3.05) is 0 Å². The molecule has 1 heterocycles. The Morgan fingerprint density at radius 1 is 1.35 bits per heavy atom. The highest BCUT2D eigenvalue weighted by atomic mass is 16.6. The van der Waals surface area contributed by atoms with Crippen LogP contribution in [0.25, 0.3) is 5.69 Å². The van der Waals surface area contributed by atoms with Gasteiger partial charge in [-0.3, -0.25) is 14.9 Å². The maximum Gasteiger partial charge on any atom is 0.320 e. The van der Waals surface area contributed by atoms with Crippen molar-refractivity contribution in [3.63, 3.8) is 0 Å². The van der Waals surface area contributed by atoms with Gasteiger partial charge >= 0.3 is 5.97 Å². The van der Waals surface area contributed by atoms with E-state index in [1.807, 2.05) is 0 Å². The van der Waals surface area contributed by atoms with Gasteiger partial charge < -0.3 is 15.4 Å². The largest absolute Gasteiger partial charge is 0.480 e. The van der Waals surface area contributed by atoms with Crippen molar-refractivity contribution in [2.45, 2.75) is 12.5 Å². The summed E-state index contributed by atoms with van der Waals surface area (Å²) in [4.78, 5) is 20.9. The zero-order valence-corrected chi connectivity index (χ0v) is 10.5. The molecule has 0 spiro atoms. The lowest BCUT2D eigenvalue weighted by molar-refractivity contribution is -0.384. The van der Waals surface area contributed by atoms with Gasteiger partial charge in [-0.05, 0) is 24.3 Å². The summed E-state index contributed by atoms with van der Waals surface area (Å²) >= 11 is 0. The van der Waals surface area contributed by atoms with Gasteiger partial charge in [0, 0.05) is 36.1 Å². The van der Waals surface area contributed by atoms with Crippen LogP contribution >= 0.6 is 0 Å². The summed E-state index contributed by atoms with van der Waals surface area (Å²) in [6.07, 6.45) is 1.93. The summed E-state index contributed by atoms with van der Waals surface area (Å²) in [5, 5.41) is 19.4. The number of hydrogen-bond donors (Lipinski definition) is 2. The third kappa shape index (κ3) is 2.83. The number of nitro groups is 1. The van der Waals surface area contributed by atoms with Crippen LogP contribution in [0.5, 0.6) is 0 Å². The number of aromatic nitrogens is 1. The molecule has 7 nitrogen and oxygen atoms in total. The number of aliphatic carboxylic acids is 1. The fraction of sp³-hybridized carbons (Fsp3) is 0.154. The average molecular weight is 275 g/mol. The van der Waals surface area contributed by atoms with Gasteiger partial charge in [0.25, 0.3) is 5.69 Å². The zero-order chi connectivity index (χ0) is 14.7. The first-order chi connectivity index (χ1) is 9.49. The van der Waals surface area contributed by atoms with Crippen LogP contribution in [0.4, 0.5) is 5.69 Å². The Morgan fingerprint density at radius 2 is 2.00 bits per heavy atom. The molecule has 0 aliphatic rings. The van der Waals surface area contributed by atoms with Gasteiger partial charge in [0.05, 0.1) is 4.92 Å². The van der Waals surface area contributed by atoms with Crippen molar-refractivity contribution in [3.05, 3.63) is 58.4 Å². The Hall–Kier alpha value is -2.67. The maximum atomic E-state index is 10.8. The van der Waals surface area contributed by atoms with E-state index in [2.05, 4.69) is 0 Å². The average Bonchev–Trinajstić information content (AvgIpc) is 2.86. The van der Waals surface area contributed by atoms with Gasteiger partial charge in [0.15, 0.2) is 0 Å². The second-order valence-electron chi connectivity index (χ2n) is 4.29. The van der Waals surface area contributed by atoms with Gasteiger partial charge in [-0.1, -0.05) is 0 Å². The topological polar surface area (TPSA) is 111 Å². The van der Waals surface area contributed by atoms with Gasteiger partial charge in [0.2, 0.25) is 0 Å². The summed E-state index contributed by atoms with van der Waals surface area (Å²) < 4.78 is 1.76. The smallest absolute Gasteiger partial charge is 0.320 e. The first-order valence-corrected chi connectivity index (χ1v) is 5.88. The third-order valence-electron chi connectivity index (χ3n) is 2.92. The Kier molecular flexibility index (Phi) is 3.81. The number of carboxylic acid groups (broad SMARTS) is 1. The molecule has 0 saturated carbocycles. The molecule has 1 aromatic carbocycles. The quantitative estimate of drug-likeness (QED) is 0.631. The summed E-state index contributed by atoms with van der Waals surface area (Å²) in [7, 11) is 0. The highest BCUT2D eigenvalue weighted by molar-refractivity contribution is 5.73. The molecule has 0 aliphatic carbocycles. The van der Waals surface area contributed by atoms with Crippen molar-refractivity contribution >= 4 is 11.7 Å². The standard InChI is InChI=1S/C13H13N3O4/c14-12(13(17)18)8-11-2-1-7-15(11)9-3-5-10(6-4-9)16(19)20/h1-7,12H,8,14H2,(H,17,18). The van der Waals surface area contributed by atoms with E-state index >= 15 is 0 Å². The third-order valence-corrected chi connectivity index (χ3v) is 2.92.